The lowest BCUT2D eigenvalue weighted by Crippen LogP contribution is -1.95. The highest BCUT2D eigenvalue weighted by molar-refractivity contribution is 5.73. The zero-order chi connectivity index (χ0) is 16.8. The Labute approximate surface area is 137 Å². The van der Waals surface area contributed by atoms with Gasteiger partial charge in [0.05, 0.1) is 28.4 Å². The molecule has 0 aliphatic carbocycles. The first-order chi connectivity index (χ1) is 11.1. The molecule has 2 rings (SSSR count). The summed E-state index contributed by atoms with van der Waals surface area (Å²) in [4.78, 5) is 0. The van der Waals surface area contributed by atoms with Crippen LogP contribution in [0.15, 0.2) is 30.3 Å². The van der Waals surface area contributed by atoms with Gasteiger partial charge in [-0.05, 0) is 47.9 Å². The van der Waals surface area contributed by atoms with Gasteiger partial charge in [0.2, 0.25) is 5.75 Å². The maximum atomic E-state index is 5.37. The predicted molar refractivity (Wildman–Crippen MR) is 92.8 cm³/mol. The largest absolute Gasteiger partial charge is 0.496 e. The molecule has 0 saturated carbocycles. The van der Waals surface area contributed by atoms with Crippen LogP contribution in [-0.4, -0.2) is 28.4 Å². The van der Waals surface area contributed by atoms with Crippen molar-refractivity contribution in [3.8, 4) is 23.0 Å². The predicted octanol–water partition coefficient (Wildman–Crippen LogP) is 4.20. The summed E-state index contributed by atoms with van der Waals surface area (Å²) in [7, 11) is 6.49. The summed E-state index contributed by atoms with van der Waals surface area (Å²) in [5.74, 6) is 2.75. The molecule has 4 heteroatoms. The summed E-state index contributed by atoms with van der Waals surface area (Å²) in [5, 5.41) is 0. The number of benzene rings is 2. The van der Waals surface area contributed by atoms with E-state index >= 15 is 0 Å². The van der Waals surface area contributed by atoms with E-state index in [0.29, 0.717) is 17.2 Å². The fraction of sp³-hybridized carbons (Fsp3) is 0.263. The fourth-order valence-electron chi connectivity index (χ4n) is 2.40. The summed E-state index contributed by atoms with van der Waals surface area (Å²) >= 11 is 0. The highest BCUT2D eigenvalue weighted by Gasteiger charge is 2.11. The van der Waals surface area contributed by atoms with E-state index in [4.69, 9.17) is 18.9 Å². The van der Waals surface area contributed by atoms with E-state index in [1.165, 1.54) is 0 Å². The van der Waals surface area contributed by atoms with Gasteiger partial charge in [-0.3, -0.25) is 0 Å². The second kappa shape index (κ2) is 7.58. The second-order valence-corrected chi connectivity index (χ2v) is 5.02. The van der Waals surface area contributed by atoms with Crippen LogP contribution in [0.5, 0.6) is 23.0 Å². The van der Waals surface area contributed by atoms with Crippen molar-refractivity contribution in [1.29, 1.82) is 0 Å². The molecular formula is C19H22O4. The highest BCUT2D eigenvalue weighted by atomic mass is 16.5. The number of hydrogen-bond acceptors (Lipinski definition) is 4. The molecule has 0 unspecified atom stereocenters. The quantitative estimate of drug-likeness (QED) is 0.749. The monoisotopic (exact) mass is 314 g/mol. The molecule has 0 bridgehead atoms. The van der Waals surface area contributed by atoms with Gasteiger partial charge in [-0.15, -0.1) is 0 Å². The minimum atomic E-state index is 0.590. The summed E-state index contributed by atoms with van der Waals surface area (Å²) in [6.07, 6.45) is 4.04. The minimum absolute atomic E-state index is 0.590. The van der Waals surface area contributed by atoms with E-state index in [9.17, 15) is 0 Å². The normalized spacial score (nSPS) is 10.7. The Bertz CT molecular complexity index is 680. The van der Waals surface area contributed by atoms with E-state index in [0.717, 1.165) is 22.4 Å². The van der Waals surface area contributed by atoms with Crippen LogP contribution in [0.3, 0.4) is 0 Å². The van der Waals surface area contributed by atoms with Crippen molar-refractivity contribution in [2.75, 3.05) is 28.4 Å². The topological polar surface area (TPSA) is 36.9 Å². The van der Waals surface area contributed by atoms with Crippen LogP contribution >= 0.6 is 0 Å². The second-order valence-electron chi connectivity index (χ2n) is 5.02. The summed E-state index contributed by atoms with van der Waals surface area (Å²) in [6, 6.07) is 9.88. The van der Waals surface area contributed by atoms with Gasteiger partial charge in [0, 0.05) is 0 Å². The maximum Gasteiger partial charge on any atom is 0.203 e. The third kappa shape index (κ3) is 3.77. The van der Waals surface area contributed by atoms with Crippen molar-refractivity contribution in [1.82, 2.24) is 0 Å². The zero-order valence-electron chi connectivity index (χ0n) is 14.2. The smallest absolute Gasteiger partial charge is 0.203 e. The maximum absolute atomic E-state index is 5.37. The molecule has 122 valence electrons. The van der Waals surface area contributed by atoms with Crippen molar-refractivity contribution >= 4 is 12.2 Å². The first-order valence-corrected chi connectivity index (χ1v) is 7.25. The molecule has 23 heavy (non-hydrogen) atoms. The molecule has 0 radical (unpaired) electrons. The van der Waals surface area contributed by atoms with Gasteiger partial charge < -0.3 is 18.9 Å². The molecule has 4 nitrogen and oxygen atoms in total. The summed E-state index contributed by atoms with van der Waals surface area (Å²) in [5.41, 5.74) is 3.16. The van der Waals surface area contributed by atoms with E-state index < -0.39 is 0 Å². The van der Waals surface area contributed by atoms with Crippen LogP contribution in [0.4, 0.5) is 0 Å². The van der Waals surface area contributed by atoms with Crippen LogP contribution in [0.2, 0.25) is 0 Å². The van der Waals surface area contributed by atoms with Gasteiger partial charge >= 0.3 is 0 Å². The SMILES string of the molecule is COc1ccc(C=Cc2cc(OC)c(OC)c(OC)c2)cc1C. The van der Waals surface area contributed by atoms with Crippen LogP contribution in [0, 0.1) is 6.92 Å². The standard InChI is InChI=1S/C19H22O4/c1-13-10-14(8-9-16(13)20-2)6-7-15-11-17(21-3)19(23-5)18(12-15)22-4/h6-12H,1-5H3. The van der Waals surface area contributed by atoms with Crippen molar-refractivity contribution in [3.05, 3.63) is 47.0 Å². The van der Waals surface area contributed by atoms with E-state index in [2.05, 4.69) is 6.07 Å². The first kappa shape index (κ1) is 16.7. The fourth-order valence-corrected chi connectivity index (χ4v) is 2.40. The number of ether oxygens (including phenoxy) is 4. The molecule has 2 aromatic rings. The van der Waals surface area contributed by atoms with E-state index in [1.54, 1.807) is 28.4 Å². The Balaban J connectivity index is 2.34. The molecular weight excluding hydrogens is 292 g/mol. The van der Waals surface area contributed by atoms with Gasteiger partial charge in [0.15, 0.2) is 11.5 Å². The molecule has 0 aliphatic heterocycles. The molecule has 0 saturated heterocycles. The van der Waals surface area contributed by atoms with Gasteiger partial charge in [-0.1, -0.05) is 18.2 Å². The Kier molecular flexibility index (Phi) is 5.52. The highest BCUT2D eigenvalue weighted by Crippen LogP contribution is 2.38. The molecule has 0 amide bonds. The lowest BCUT2D eigenvalue weighted by atomic mass is 10.1. The van der Waals surface area contributed by atoms with Crippen LogP contribution < -0.4 is 18.9 Å². The molecule has 0 fully saturated rings. The Hall–Kier alpha value is -2.62. The van der Waals surface area contributed by atoms with E-state index in [1.807, 2.05) is 43.3 Å². The van der Waals surface area contributed by atoms with Gasteiger partial charge in [-0.2, -0.15) is 0 Å². The van der Waals surface area contributed by atoms with E-state index in [-0.39, 0.29) is 0 Å². The summed E-state index contributed by atoms with van der Waals surface area (Å²) < 4.78 is 21.3. The third-order valence-electron chi connectivity index (χ3n) is 3.57. The van der Waals surface area contributed by atoms with Gasteiger partial charge in [0.1, 0.15) is 5.75 Å². The number of rotatable bonds is 6. The van der Waals surface area contributed by atoms with Gasteiger partial charge in [0.25, 0.3) is 0 Å². The van der Waals surface area contributed by atoms with Crippen LogP contribution in [0.25, 0.3) is 12.2 Å². The zero-order valence-corrected chi connectivity index (χ0v) is 14.2. The van der Waals surface area contributed by atoms with Gasteiger partial charge in [-0.25, -0.2) is 0 Å². The Morgan fingerprint density at radius 2 is 1.22 bits per heavy atom. The summed E-state index contributed by atoms with van der Waals surface area (Å²) in [6.45, 7) is 2.02. The number of hydrogen-bond donors (Lipinski definition) is 0. The number of aryl methyl sites for hydroxylation is 1. The third-order valence-corrected chi connectivity index (χ3v) is 3.57. The lowest BCUT2D eigenvalue weighted by Gasteiger charge is -2.12. The lowest BCUT2D eigenvalue weighted by molar-refractivity contribution is 0.324. The number of methoxy groups -OCH3 is 4. The Morgan fingerprint density at radius 3 is 1.70 bits per heavy atom. The van der Waals surface area contributed by atoms with Crippen molar-refractivity contribution < 1.29 is 18.9 Å². The molecule has 2 aromatic carbocycles. The van der Waals surface area contributed by atoms with Crippen LogP contribution in [0.1, 0.15) is 16.7 Å². The molecule has 0 spiro atoms. The minimum Gasteiger partial charge on any atom is -0.496 e. The van der Waals surface area contributed by atoms with Crippen LogP contribution in [-0.2, 0) is 0 Å². The van der Waals surface area contributed by atoms with Crippen molar-refractivity contribution in [2.45, 2.75) is 6.92 Å². The molecule has 0 heterocycles. The first-order valence-electron chi connectivity index (χ1n) is 7.25. The molecule has 0 N–H and O–H groups in total. The molecule has 0 aliphatic rings. The Morgan fingerprint density at radius 1 is 0.652 bits per heavy atom. The van der Waals surface area contributed by atoms with Crippen molar-refractivity contribution in [2.24, 2.45) is 0 Å². The average molecular weight is 314 g/mol. The average Bonchev–Trinajstić information content (AvgIpc) is 2.58. The molecule has 0 atom stereocenters. The van der Waals surface area contributed by atoms with Crippen molar-refractivity contribution in [3.63, 3.8) is 0 Å². The molecule has 0 aromatic heterocycles.